The number of fused-ring (bicyclic) bond motifs is 4. The number of ether oxygens (including phenoxy) is 1. The highest BCUT2D eigenvalue weighted by Gasteiger charge is 2.63. The standard InChI is InChI=1S/C31H52O2/c1-21(11-10-17-27(2,3)33-9)22-14-19-31(8)24-12-13-25-28(4,5)26(32)16-18-29(25,6)23(24)15-20-30(22,31)7/h10,17,21-22,25-26,32H,11-16,18-20H2,1-9H3/b17-10+/t21-,22-,25+,26+,29-,30-,31+/m1/s1. The number of aliphatic hydroxyl groups excluding tert-OH is 1. The Morgan fingerprint density at radius 3 is 2.36 bits per heavy atom. The first-order chi connectivity index (χ1) is 15.2. The average molecular weight is 457 g/mol. The number of allylic oxidation sites excluding steroid dienone is 3. The molecule has 0 bridgehead atoms. The molecule has 4 aliphatic carbocycles. The number of methoxy groups -OCH3 is 1. The van der Waals surface area contributed by atoms with Gasteiger partial charge in [0.05, 0.1) is 11.7 Å². The van der Waals surface area contributed by atoms with Crippen LogP contribution in [-0.4, -0.2) is 23.9 Å². The summed E-state index contributed by atoms with van der Waals surface area (Å²) in [6.07, 6.45) is 15.7. The third kappa shape index (κ3) is 3.72. The van der Waals surface area contributed by atoms with Gasteiger partial charge in [0.2, 0.25) is 0 Å². The van der Waals surface area contributed by atoms with Gasteiger partial charge in [0.25, 0.3) is 0 Å². The zero-order chi connectivity index (χ0) is 24.4. The summed E-state index contributed by atoms with van der Waals surface area (Å²) in [7, 11) is 1.80. The Morgan fingerprint density at radius 2 is 1.70 bits per heavy atom. The molecule has 0 aromatic rings. The van der Waals surface area contributed by atoms with Crippen LogP contribution in [0.1, 0.15) is 113 Å². The molecule has 0 amide bonds. The molecule has 0 radical (unpaired) electrons. The quantitative estimate of drug-likeness (QED) is 0.423. The highest BCUT2D eigenvalue weighted by Crippen LogP contribution is 2.72. The van der Waals surface area contributed by atoms with Crippen molar-refractivity contribution in [2.45, 2.75) is 125 Å². The van der Waals surface area contributed by atoms with Gasteiger partial charge in [-0.3, -0.25) is 0 Å². The third-order valence-corrected chi connectivity index (χ3v) is 12.0. The molecule has 4 rings (SSSR count). The Bertz CT molecular complexity index is 819. The Kier molecular flexibility index (Phi) is 6.35. The second-order valence-electron chi connectivity index (χ2n) is 14.2. The average Bonchev–Trinajstić information content (AvgIpc) is 3.02. The van der Waals surface area contributed by atoms with E-state index in [2.05, 4.69) is 67.5 Å². The lowest BCUT2D eigenvalue weighted by Gasteiger charge is -2.62. The van der Waals surface area contributed by atoms with Gasteiger partial charge in [-0.25, -0.2) is 0 Å². The van der Waals surface area contributed by atoms with Gasteiger partial charge in [-0.2, -0.15) is 0 Å². The lowest BCUT2D eigenvalue weighted by atomic mass is 9.43. The van der Waals surface area contributed by atoms with Crippen LogP contribution in [0.5, 0.6) is 0 Å². The zero-order valence-corrected chi connectivity index (χ0v) is 23.2. The van der Waals surface area contributed by atoms with Crippen LogP contribution in [0.25, 0.3) is 0 Å². The van der Waals surface area contributed by atoms with E-state index in [0.29, 0.717) is 28.1 Å². The van der Waals surface area contributed by atoms with Crippen molar-refractivity contribution in [3.63, 3.8) is 0 Å². The maximum Gasteiger partial charge on any atom is 0.0802 e. The minimum absolute atomic E-state index is 0.0300. The van der Waals surface area contributed by atoms with Crippen molar-refractivity contribution in [2.75, 3.05) is 7.11 Å². The van der Waals surface area contributed by atoms with Crippen molar-refractivity contribution in [1.29, 1.82) is 0 Å². The molecule has 2 saturated carbocycles. The van der Waals surface area contributed by atoms with Crippen LogP contribution >= 0.6 is 0 Å². The summed E-state index contributed by atoms with van der Waals surface area (Å²) in [6.45, 7) is 19.3. The summed E-state index contributed by atoms with van der Waals surface area (Å²) >= 11 is 0. The van der Waals surface area contributed by atoms with Crippen molar-refractivity contribution in [1.82, 2.24) is 0 Å². The largest absolute Gasteiger partial charge is 0.393 e. The second kappa shape index (κ2) is 8.22. The predicted octanol–water partition coefficient (Wildman–Crippen LogP) is 8.10. The van der Waals surface area contributed by atoms with Gasteiger partial charge in [-0.15, -0.1) is 0 Å². The maximum absolute atomic E-state index is 10.8. The summed E-state index contributed by atoms with van der Waals surface area (Å²) in [4.78, 5) is 0. The molecule has 2 fully saturated rings. The van der Waals surface area contributed by atoms with Crippen molar-refractivity contribution in [3.8, 4) is 0 Å². The van der Waals surface area contributed by atoms with E-state index in [4.69, 9.17) is 4.74 Å². The van der Waals surface area contributed by atoms with Gasteiger partial charge in [0.15, 0.2) is 0 Å². The van der Waals surface area contributed by atoms with Crippen LogP contribution in [-0.2, 0) is 4.74 Å². The van der Waals surface area contributed by atoms with E-state index in [1.807, 2.05) is 11.1 Å². The van der Waals surface area contributed by atoms with Gasteiger partial charge in [-0.1, -0.05) is 64.8 Å². The topological polar surface area (TPSA) is 29.5 Å². The van der Waals surface area contributed by atoms with Gasteiger partial charge in [0.1, 0.15) is 0 Å². The van der Waals surface area contributed by atoms with E-state index in [0.717, 1.165) is 18.8 Å². The van der Waals surface area contributed by atoms with E-state index < -0.39 is 0 Å². The fraction of sp³-hybridized carbons (Fsp3) is 0.871. The molecule has 0 aromatic carbocycles. The first-order valence-electron chi connectivity index (χ1n) is 13.9. The fourth-order valence-corrected chi connectivity index (χ4v) is 9.43. The third-order valence-electron chi connectivity index (χ3n) is 12.0. The molecule has 0 aromatic heterocycles. The molecule has 4 aliphatic rings. The molecule has 2 heteroatoms. The van der Waals surface area contributed by atoms with Gasteiger partial charge < -0.3 is 9.84 Å². The van der Waals surface area contributed by atoms with Gasteiger partial charge in [-0.05, 0) is 111 Å². The first kappa shape index (κ1) is 25.5. The molecule has 0 aliphatic heterocycles. The van der Waals surface area contributed by atoms with Crippen LogP contribution in [0, 0.1) is 39.4 Å². The number of hydrogen-bond acceptors (Lipinski definition) is 2. The molecule has 33 heavy (non-hydrogen) atoms. The maximum atomic E-state index is 10.8. The van der Waals surface area contributed by atoms with Crippen molar-refractivity contribution < 1.29 is 9.84 Å². The molecular formula is C31H52O2. The Labute approximate surface area is 204 Å². The molecule has 188 valence electrons. The van der Waals surface area contributed by atoms with Crippen LogP contribution in [0.4, 0.5) is 0 Å². The van der Waals surface area contributed by atoms with Gasteiger partial charge in [0, 0.05) is 7.11 Å². The molecule has 0 spiro atoms. The second-order valence-corrected chi connectivity index (χ2v) is 14.2. The summed E-state index contributed by atoms with van der Waals surface area (Å²) < 4.78 is 5.59. The monoisotopic (exact) mass is 456 g/mol. The van der Waals surface area contributed by atoms with E-state index in [1.54, 1.807) is 7.11 Å². The zero-order valence-electron chi connectivity index (χ0n) is 23.2. The molecule has 0 saturated heterocycles. The highest BCUT2D eigenvalue weighted by molar-refractivity contribution is 5.38. The lowest BCUT2D eigenvalue weighted by Crippen LogP contribution is -2.55. The van der Waals surface area contributed by atoms with E-state index in [-0.39, 0.29) is 17.1 Å². The minimum Gasteiger partial charge on any atom is -0.393 e. The summed E-state index contributed by atoms with van der Waals surface area (Å²) in [5.41, 5.74) is 4.59. The summed E-state index contributed by atoms with van der Waals surface area (Å²) in [5, 5.41) is 10.8. The van der Waals surface area contributed by atoms with Crippen LogP contribution in [0.3, 0.4) is 0 Å². The smallest absolute Gasteiger partial charge is 0.0802 e. The molecule has 1 N–H and O–H groups in total. The van der Waals surface area contributed by atoms with Crippen molar-refractivity contribution in [3.05, 3.63) is 23.3 Å². The molecule has 7 atom stereocenters. The lowest BCUT2D eigenvalue weighted by molar-refractivity contribution is -0.0961. The van der Waals surface area contributed by atoms with E-state index in [1.165, 1.54) is 44.9 Å². The Balaban J connectivity index is 1.61. The van der Waals surface area contributed by atoms with Crippen molar-refractivity contribution in [2.24, 2.45) is 39.4 Å². The molecular weight excluding hydrogens is 404 g/mol. The van der Waals surface area contributed by atoms with Crippen LogP contribution in [0.15, 0.2) is 23.3 Å². The number of hydrogen-bond donors (Lipinski definition) is 1. The molecule has 2 nitrogen and oxygen atoms in total. The Hall–Kier alpha value is -0.600. The normalized spacial score (nSPS) is 43.9. The summed E-state index contributed by atoms with van der Waals surface area (Å²) in [5.74, 6) is 2.12. The fourth-order valence-electron chi connectivity index (χ4n) is 9.43. The van der Waals surface area contributed by atoms with Crippen LogP contribution in [0.2, 0.25) is 0 Å². The van der Waals surface area contributed by atoms with Crippen LogP contribution < -0.4 is 0 Å². The highest BCUT2D eigenvalue weighted by atomic mass is 16.5. The molecule has 0 unspecified atom stereocenters. The first-order valence-corrected chi connectivity index (χ1v) is 13.9. The van der Waals surface area contributed by atoms with Gasteiger partial charge >= 0.3 is 0 Å². The van der Waals surface area contributed by atoms with E-state index in [9.17, 15) is 5.11 Å². The Morgan fingerprint density at radius 1 is 1.00 bits per heavy atom. The number of rotatable bonds is 5. The SMILES string of the molecule is COC(C)(C)/C=C/C[C@@H](C)[C@H]1CC[C@@]2(C)C3=C(CC[C@]12C)[C@@]1(C)CC[C@H](O)C(C)(C)[C@@H]1CC3. The molecule has 0 heterocycles. The minimum atomic E-state index is -0.173. The summed E-state index contributed by atoms with van der Waals surface area (Å²) in [6, 6.07) is 0. The predicted molar refractivity (Wildman–Crippen MR) is 139 cm³/mol. The van der Waals surface area contributed by atoms with Crippen molar-refractivity contribution >= 4 is 0 Å². The number of aliphatic hydroxyl groups is 1. The van der Waals surface area contributed by atoms with E-state index >= 15 is 0 Å².